The van der Waals surface area contributed by atoms with Crippen LogP contribution in [0.4, 0.5) is 0 Å². The fraction of sp³-hybridized carbons (Fsp3) is 0.435. The summed E-state index contributed by atoms with van der Waals surface area (Å²) in [5.74, 6) is -0.318. The SMILES string of the molecule is CSCCC(NC(=O)C1CCCN(S(=O)(=O)c2ccccc2)C1)C(=O)NCc1ccncc1. The number of aromatic nitrogens is 1. The Morgan fingerprint density at radius 1 is 1.18 bits per heavy atom. The van der Waals surface area contributed by atoms with E-state index in [9.17, 15) is 18.0 Å². The number of carbonyl (C=O) groups excluding carboxylic acids is 2. The van der Waals surface area contributed by atoms with Crippen molar-refractivity contribution in [1.29, 1.82) is 0 Å². The molecule has 0 radical (unpaired) electrons. The van der Waals surface area contributed by atoms with Gasteiger partial charge in [-0.15, -0.1) is 0 Å². The number of thioether (sulfide) groups is 1. The van der Waals surface area contributed by atoms with Gasteiger partial charge in [0.05, 0.1) is 10.8 Å². The van der Waals surface area contributed by atoms with E-state index >= 15 is 0 Å². The van der Waals surface area contributed by atoms with Crippen LogP contribution < -0.4 is 10.6 Å². The number of pyridine rings is 1. The van der Waals surface area contributed by atoms with E-state index < -0.39 is 22.0 Å². The molecule has 1 fully saturated rings. The molecule has 2 N–H and O–H groups in total. The Kier molecular flexibility index (Phi) is 9.28. The largest absolute Gasteiger partial charge is 0.350 e. The molecular formula is C23H30N4O4S2. The molecule has 1 aliphatic heterocycles. The highest BCUT2D eigenvalue weighted by Gasteiger charge is 2.34. The lowest BCUT2D eigenvalue weighted by Gasteiger charge is -2.32. The quantitative estimate of drug-likeness (QED) is 0.528. The predicted molar refractivity (Wildman–Crippen MR) is 129 cm³/mol. The third-order valence-corrected chi connectivity index (χ3v) is 8.12. The number of rotatable bonds is 10. The summed E-state index contributed by atoms with van der Waals surface area (Å²) in [6.07, 6.45) is 6.93. The zero-order valence-corrected chi connectivity index (χ0v) is 20.3. The Morgan fingerprint density at radius 2 is 1.91 bits per heavy atom. The fourth-order valence-electron chi connectivity index (χ4n) is 3.72. The summed E-state index contributed by atoms with van der Waals surface area (Å²) in [6, 6.07) is 11.2. The number of nitrogens with zero attached hydrogens (tertiary/aromatic N) is 2. The molecule has 3 rings (SSSR count). The number of sulfonamides is 1. The third-order valence-electron chi connectivity index (χ3n) is 5.60. The van der Waals surface area contributed by atoms with E-state index in [0.29, 0.717) is 38.1 Å². The first-order valence-corrected chi connectivity index (χ1v) is 13.8. The first kappa shape index (κ1) is 25.2. The van der Waals surface area contributed by atoms with Crippen LogP contribution in [0.3, 0.4) is 0 Å². The molecule has 1 saturated heterocycles. The van der Waals surface area contributed by atoms with Gasteiger partial charge in [0.15, 0.2) is 0 Å². The summed E-state index contributed by atoms with van der Waals surface area (Å²) in [7, 11) is -3.66. The molecular weight excluding hydrogens is 460 g/mol. The Hall–Kier alpha value is -2.43. The Balaban J connectivity index is 1.62. The van der Waals surface area contributed by atoms with Gasteiger partial charge < -0.3 is 10.6 Å². The van der Waals surface area contributed by atoms with Crippen LogP contribution in [0.2, 0.25) is 0 Å². The van der Waals surface area contributed by atoms with Crippen molar-refractivity contribution in [3.63, 3.8) is 0 Å². The van der Waals surface area contributed by atoms with Crippen LogP contribution >= 0.6 is 11.8 Å². The van der Waals surface area contributed by atoms with Crippen molar-refractivity contribution in [3.05, 3.63) is 60.4 Å². The van der Waals surface area contributed by atoms with Crippen LogP contribution in [0, 0.1) is 5.92 Å². The normalized spacial score (nSPS) is 17.8. The molecule has 10 heteroatoms. The van der Waals surface area contributed by atoms with E-state index in [-0.39, 0.29) is 23.3 Å². The minimum Gasteiger partial charge on any atom is -0.350 e. The van der Waals surface area contributed by atoms with Crippen molar-refractivity contribution in [2.75, 3.05) is 25.1 Å². The maximum Gasteiger partial charge on any atom is 0.243 e. The molecule has 0 bridgehead atoms. The summed E-state index contributed by atoms with van der Waals surface area (Å²) in [5.41, 5.74) is 0.919. The molecule has 1 aromatic heterocycles. The van der Waals surface area contributed by atoms with E-state index in [1.807, 2.05) is 18.4 Å². The highest BCUT2D eigenvalue weighted by atomic mass is 32.2. The second kappa shape index (κ2) is 12.2. The second-order valence-electron chi connectivity index (χ2n) is 7.93. The van der Waals surface area contributed by atoms with E-state index in [4.69, 9.17) is 0 Å². The van der Waals surface area contributed by atoms with Crippen molar-refractivity contribution < 1.29 is 18.0 Å². The number of benzene rings is 1. The molecule has 2 unspecified atom stereocenters. The smallest absolute Gasteiger partial charge is 0.243 e. The van der Waals surface area contributed by atoms with Crippen molar-refractivity contribution in [1.82, 2.24) is 19.9 Å². The van der Waals surface area contributed by atoms with Gasteiger partial charge in [0, 0.05) is 32.0 Å². The minimum atomic E-state index is -3.66. The first-order valence-electron chi connectivity index (χ1n) is 10.9. The summed E-state index contributed by atoms with van der Waals surface area (Å²) < 4.78 is 27.3. The van der Waals surface area contributed by atoms with Gasteiger partial charge in [-0.05, 0) is 61.1 Å². The molecule has 2 amide bonds. The molecule has 0 aliphatic carbocycles. The highest BCUT2D eigenvalue weighted by Crippen LogP contribution is 2.24. The van der Waals surface area contributed by atoms with Crippen molar-refractivity contribution >= 4 is 33.6 Å². The van der Waals surface area contributed by atoms with Crippen LogP contribution in [-0.4, -0.2) is 60.7 Å². The monoisotopic (exact) mass is 490 g/mol. The van der Waals surface area contributed by atoms with E-state index in [1.54, 1.807) is 54.5 Å². The average Bonchev–Trinajstić information content (AvgIpc) is 2.86. The molecule has 0 spiro atoms. The van der Waals surface area contributed by atoms with Gasteiger partial charge in [0.25, 0.3) is 0 Å². The second-order valence-corrected chi connectivity index (χ2v) is 10.9. The summed E-state index contributed by atoms with van der Waals surface area (Å²) >= 11 is 1.60. The first-order chi connectivity index (χ1) is 15.9. The minimum absolute atomic E-state index is 0.108. The number of carbonyl (C=O) groups is 2. The molecule has 0 saturated carbocycles. The van der Waals surface area contributed by atoms with Crippen LogP contribution in [0.25, 0.3) is 0 Å². The molecule has 2 atom stereocenters. The molecule has 2 heterocycles. The number of amides is 2. The molecule has 8 nitrogen and oxygen atoms in total. The van der Waals surface area contributed by atoms with Gasteiger partial charge >= 0.3 is 0 Å². The zero-order chi connectivity index (χ0) is 23.7. The van der Waals surface area contributed by atoms with E-state index in [0.717, 1.165) is 5.56 Å². The molecule has 178 valence electrons. The van der Waals surface area contributed by atoms with Crippen LogP contribution in [-0.2, 0) is 26.2 Å². The lowest BCUT2D eigenvalue weighted by atomic mass is 9.98. The molecule has 33 heavy (non-hydrogen) atoms. The summed E-state index contributed by atoms with van der Waals surface area (Å²) in [4.78, 5) is 30.0. The van der Waals surface area contributed by atoms with Gasteiger partial charge in [0.1, 0.15) is 6.04 Å². The predicted octanol–water partition coefficient (Wildman–Crippen LogP) is 2.04. The van der Waals surface area contributed by atoms with Gasteiger partial charge in [-0.3, -0.25) is 14.6 Å². The Morgan fingerprint density at radius 3 is 2.61 bits per heavy atom. The van der Waals surface area contributed by atoms with Crippen LogP contribution in [0.1, 0.15) is 24.8 Å². The van der Waals surface area contributed by atoms with Crippen LogP contribution in [0.5, 0.6) is 0 Å². The lowest BCUT2D eigenvalue weighted by molar-refractivity contribution is -0.132. The number of hydrogen-bond donors (Lipinski definition) is 2. The molecule has 2 aromatic rings. The average molecular weight is 491 g/mol. The van der Waals surface area contributed by atoms with E-state index in [1.165, 1.54) is 4.31 Å². The summed E-state index contributed by atoms with van der Waals surface area (Å²) in [6.45, 7) is 0.833. The van der Waals surface area contributed by atoms with Gasteiger partial charge in [-0.1, -0.05) is 18.2 Å². The van der Waals surface area contributed by atoms with Gasteiger partial charge in [0.2, 0.25) is 21.8 Å². The standard InChI is InChI=1S/C23H30N4O4S2/c1-32-15-11-21(23(29)25-16-18-9-12-24-13-10-18)26-22(28)19-6-5-14-27(17-19)33(30,31)20-7-3-2-4-8-20/h2-4,7-10,12-13,19,21H,5-6,11,14-17H2,1H3,(H,25,29)(H,26,28). The van der Waals surface area contributed by atoms with Crippen LogP contribution in [0.15, 0.2) is 59.8 Å². The maximum atomic E-state index is 13.0. The van der Waals surface area contributed by atoms with Crippen molar-refractivity contribution in [2.24, 2.45) is 5.92 Å². The third kappa shape index (κ3) is 7.02. The van der Waals surface area contributed by atoms with Gasteiger partial charge in [-0.25, -0.2) is 8.42 Å². The Labute approximate surface area is 199 Å². The lowest BCUT2D eigenvalue weighted by Crippen LogP contribution is -2.51. The van der Waals surface area contributed by atoms with Crippen molar-refractivity contribution in [2.45, 2.75) is 36.7 Å². The maximum absolute atomic E-state index is 13.0. The summed E-state index contributed by atoms with van der Waals surface area (Å²) in [5, 5.41) is 5.74. The number of piperidine rings is 1. The Bertz CT molecular complexity index is 1020. The highest BCUT2D eigenvalue weighted by molar-refractivity contribution is 7.98. The van der Waals surface area contributed by atoms with Crippen molar-refractivity contribution in [3.8, 4) is 0 Å². The topological polar surface area (TPSA) is 108 Å². The molecule has 1 aromatic carbocycles. The fourth-order valence-corrected chi connectivity index (χ4v) is 5.74. The van der Waals surface area contributed by atoms with E-state index in [2.05, 4.69) is 15.6 Å². The zero-order valence-electron chi connectivity index (χ0n) is 18.6. The molecule has 1 aliphatic rings. The number of hydrogen-bond acceptors (Lipinski definition) is 6. The number of nitrogens with one attached hydrogen (secondary N) is 2. The van der Waals surface area contributed by atoms with Gasteiger partial charge in [-0.2, -0.15) is 16.1 Å².